The average Bonchev–Trinajstić information content (AvgIpc) is 3.37. The molecule has 0 unspecified atom stereocenters. The van der Waals surface area contributed by atoms with E-state index in [4.69, 9.17) is 9.88 Å². The molecule has 0 spiro atoms. The smallest absolute Gasteiger partial charge is 0.306 e. The van der Waals surface area contributed by atoms with E-state index in [2.05, 4.69) is 4.98 Å². The normalized spacial score (nSPS) is 11.6. The first-order valence-electron chi connectivity index (χ1n) is 11.2. The number of para-hydroxylation sites is 1. The summed E-state index contributed by atoms with van der Waals surface area (Å²) in [6.07, 6.45) is 3.54. The third-order valence-electron chi connectivity index (χ3n) is 6.02. The second kappa shape index (κ2) is 9.89. The zero-order valence-electron chi connectivity index (χ0n) is 19.6. The molecule has 0 radical (unpaired) electrons. The highest BCUT2D eigenvalue weighted by molar-refractivity contribution is 7.89. The molecular formula is C26H27N3O5S. The maximum Gasteiger partial charge on any atom is 0.306 e. The van der Waals surface area contributed by atoms with Gasteiger partial charge in [0.25, 0.3) is 0 Å². The molecule has 0 aliphatic heterocycles. The van der Waals surface area contributed by atoms with Crippen molar-refractivity contribution in [3.63, 3.8) is 0 Å². The van der Waals surface area contributed by atoms with Gasteiger partial charge in [0.1, 0.15) is 0 Å². The fourth-order valence-electron chi connectivity index (χ4n) is 4.28. The molecule has 0 fully saturated rings. The van der Waals surface area contributed by atoms with Crippen molar-refractivity contribution in [3.05, 3.63) is 83.3 Å². The van der Waals surface area contributed by atoms with E-state index in [0.29, 0.717) is 23.4 Å². The number of esters is 1. The summed E-state index contributed by atoms with van der Waals surface area (Å²) in [5.74, 6) is -0.707. The molecule has 2 aromatic heterocycles. The summed E-state index contributed by atoms with van der Waals surface area (Å²) in [4.78, 5) is 28.2. The van der Waals surface area contributed by atoms with E-state index >= 15 is 0 Å². The number of aromatic nitrogens is 2. The summed E-state index contributed by atoms with van der Waals surface area (Å²) in [7, 11) is -3.79. The molecule has 0 aliphatic carbocycles. The first-order valence-corrected chi connectivity index (χ1v) is 12.8. The van der Waals surface area contributed by atoms with Gasteiger partial charge in [0.2, 0.25) is 15.8 Å². The number of H-pyrrole nitrogens is 1. The number of fused-ring (bicyclic) bond motifs is 1. The van der Waals surface area contributed by atoms with Crippen LogP contribution in [0.25, 0.3) is 16.6 Å². The number of primary sulfonamides is 1. The molecule has 0 amide bonds. The summed E-state index contributed by atoms with van der Waals surface area (Å²) in [6.45, 7) is 3.30. The Bertz CT molecular complexity index is 1500. The number of ether oxygens (including phenoxy) is 1. The molecule has 182 valence electrons. The van der Waals surface area contributed by atoms with Crippen molar-refractivity contribution < 1.29 is 22.7 Å². The SMILES string of the molecule is Cc1cc(C(=O)COC(=O)CCCc2c[nH]c3ccccc23)c(C)n1-c1ccc(S(N)(=O)=O)cc1. The quantitative estimate of drug-likeness (QED) is 0.270. The monoisotopic (exact) mass is 493 g/mol. The third kappa shape index (κ3) is 5.36. The van der Waals surface area contributed by atoms with Crippen LogP contribution in [0.4, 0.5) is 0 Å². The van der Waals surface area contributed by atoms with Crippen LogP contribution in [0, 0.1) is 13.8 Å². The van der Waals surface area contributed by atoms with Crippen LogP contribution in [0.15, 0.2) is 65.7 Å². The van der Waals surface area contributed by atoms with Gasteiger partial charge in [-0.15, -0.1) is 0 Å². The minimum atomic E-state index is -3.79. The lowest BCUT2D eigenvalue weighted by Gasteiger charge is -2.10. The van der Waals surface area contributed by atoms with E-state index in [1.807, 2.05) is 42.0 Å². The second-order valence-corrected chi connectivity index (χ2v) is 10.0. The van der Waals surface area contributed by atoms with E-state index in [1.165, 1.54) is 12.1 Å². The van der Waals surface area contributed by atoms with Crippen LogP contribution in [-0.4, -0.2) is 36.3 Å². The van der Waals surface area contributed by atoms with Crippen molar-refractivity contribution >= 4 is 32.7 Å². The number of hydrogen-bond donors (Lipinski definition) is 2. The van der Waals surface area contributed by atoms with Crippen LogP contribution < -0.4 is 5.14 Å². The number of hydrogen-bond acceptors (Lipinski definition) is 5. The number of aryl methyl sites for hydroxylation is 2. The molecule has 35 heavy (non-hydrogen) atoms. The molecule has 8 nitrogen and oxygen atoms in total. The Kier molecular flexibility index (Phi) is 6.90. The van der Waals surface area contributed by atoms with E-state index in [0.717, 1.165) is 28.6 Å². The standard InChI is InChI=1S/C26H27N3O5S/c1-17-14-23(18(2)29(17)20-10-12-21(13-11-20)35(27,32)33)25(30)16-34-26(31)9-5-6-19-15-28-24-8-4-3-7-22(19)24/h3-4,7-8,10-15,28H,5-6,9,16H2,1-2H3,(H2,27,32,33). The zero-order chi connectivity index (χ0) is 25.2. The second-order valence-electron chi connectivity index (χ2n) is 8.46. The first kappa shape index (κ1) is 24.4. The Morgan fingerprint density at radius 2 is 1.77 bits per heavy atom. The highest BCUT2D eigenvalue weighted by atomic mass is 32.2. The van der Waals surface area contributed by atoms with Gasteiger partial charge in [-0.2, -0.15) is 0 Å². The molecule has 3 N–H and O–H groups in total. The van der Waals surface area contributed by atoms with Gasteiger partial charge >= 0.3 is 5.97 Å². The van der Waals surface area contributed by atoms with Gasteiger partial charge in [-0.3, -0.25) is 9.59 Å². The lowest BCUT2D eigenvalue weighted by molar-refractivity contribution is -0.142. The van der Waals surface area contributed by atoms with Crippen LogP contribution in [0.5, 0.6) is 0 Å². The molecule has 2 aromatic carbocycles. The zero-order valence-corrected chi connectivity index (χ0v) is 20.4. The minimum absolute atomic E-state index is 0.0108. The summed E-state index contributed by atoms with van der Waals surface area (Å²) in [6, 6.07) is 15.8. The molecule has 0 bridgehead atoms. The van der Waals surface area contributed by atoms with Crippen LogP contribution in [0.1, 0.15) is 40.2 Å². The van der Waals surface area contributed by atoms with Gasteiger partial charge < -0.3 is 14.3 Å². The predicted molar refractivity (Wildman–Crippen MR) is 133 cm³/mol. The van der Waals surface area contributed by atoms with Crippen molar-refractivity contribution in [3.8, 4) is 5.69 Å². The van der Waals surface area contributed by atoms with Gasteiger partial charge in [0.05, 0.1) is 4.90 Å². The molecule has 0 aliphatic rings. The molecular weight excluding hydrogens is 466 g/mol. The number of benzene rings is 2. The number of ketones is 1. The Labute approximate surface area is 203 Å². The molecule has 0 saturated heterocycles. The summed E-state index contributed by atoms with van der Waals surface area (Å²) < 4.78 is 30.1. The summed E-state index contributed by atoms with van der Waals surface area (Å²) in [5, 5.41) is 6.31. The Morgan fingerprint density at radius 1 is 1.06 bits per heavy atom. The number of carbonyl (C=O) groups excluding carboxylic acids is 2. The van der Waals surface area contributed by atoms with Crippen molar-refractivity contribution in [1.29, 1.82) is 0 Å². The summed E-state index contributed by atoms with van der Waals surface area (Å²) >= 11 is 0. The van der Waals surface area contributed by atoms with Crippen LogP contribution >= 0.6 is 0 Å². The van der Waals surface area contributed by atoms with Gasteiger partial charge in [-0.25, -0.2) is 13.6 Å². The van der Waals surface area contributed by atoms with Gasteiger partial charge in [0, 0.05) is 46.2 Å². The average molecular weight is 494 g/mol. The fraction of sp³-hybridized carbons (Fsp3) is 0.231. The van der Waals surface area contributed by atoms with E-state index < -0.39 is 16.0 Å². The van der Waals surface area contributed by atoms with E-state index in [9.17, 15) is 18.0 Å². The highest BCUT2D eigenvalue weighted by Gasteiger charge is 2.19. The molecule has 2 heterocycles. The summed E-state index contributed by atoms with van der Waals surface area (Å²) in [5.41, 5.74) is 4.82. The predicted octanol–water partition coefficient (Wildman–Crippen LogP) is 3.97. The number of nitrogens with two attached hydrogens (primary N) is 1. The van der Waals surface area contributed by atoms with Crippen molar-refractivity contribution in [1.82, 2.24) is 9.55 Å². The maximum absolute atomic E-state index is 12.8. The lowest BCUT2D eigenvalue weighted by Crippen LogP contribution is -2.15. The molecule has 0 atom stereocenters. The first-order chi connectivity index (χ1) is 16.6. The molecule has 4 aromatic rings. The topological polar surface area (TPSA) is 124 Å². The third-order valence-corrected chi connectivity index (χ3v) is 6.95. The van der Waals surface area contributed by atoms with Gasteiger partial charge in [0.15, 0.2) is 6.61 Å². The molecule has 0 saturated carbocycles. The van der Waals surface area contributed by atoms with Crippen molar-refractivity contribution in [2.24, 2.45) is 5.14 Å². The Morgan fingerprint density at radius 3 is 2.49 bits per heavy atom. The number of Topliss-reactive ketones (excluding diaryl/α,β-unsaturated/α-hetero) is 1. The van der Waals surface area contributed by atoms with E-state index in [1.54, 1.807) is 25.1 Å². The van der Waals surface area contributed by atoms with Crippen LogP contribution in [-0.2, 0) is 26.0 Å². The van der Waals surface area contributed by atoms with Gasteiger partial charge in [-0.1, -0.05) is 18.2 Å². The number of carbonyl (C=O) groups is 2. The molecule has 9 heteroatoms. The Balaban J connectivity index is 1.34. The number of nitrogens with zero attached hydrogens (tertiary/aromatic N) is 1. The van der Waals surface area contributed by atoms with Gasteiger partial charge in [-0.05, 0) is 68.7 Å². The lowest BCUT2D eigenvalue weighted by atomic mass is 10.1. The largest absolute Gasteiger partial charge is 0.457 e. The minimum Gasteiger partial charge on any atom is -0.457 e. The van der Waals surface area contributed by atoms with E-state index in [-0.39, 0.29) is 23.7 Å². The van der Waals surface area contributed by atoms with Crippen LogP contribution in [0.2, 0.25) is 0 Å². The number of nitrogens with one attached hydrogen (secondary N) is 1. The Hall–Kier alpha value is -3.69. The number of rotatable bonds is 9. The number of aromatic amines is 1. The van der Waals surface area contributed by atoms with Crippen molar-refractivity contribution in [2.75, 3.05) is 6.61 Å². The highest BCUT2D eigenvalue weighted by Crippen LogP contribution is 2.23. The van der Waals surface area contributed by atoms with Crippen molar-refractivity contribution in [2.45, 2.75) is 38.0 Å². The fourth-order valence-corrected chi connectivity index (χ4v) is 4.80. The van der Waals surface area contributed by atoms with Crippen LogP contribution in [0.3, 0.4) is 0 Å². The molecule has 4 rings (SSSR count). The maximum atomic E-state index is 12.8. The number of sulfonamides is 1.